The maximum absolute atomic E-state index is 12.8. The minimum atomic E-state index is -4.39. The molecule has 0 aliphatic carbocycles. The SMILES string of the molecule is C[Si](C)(C)C#Cc1ccc(Nc2ccc(C(F)(F)F)cc2)c(-c2nnn(CCO)n2)c1. The second kappa shape index (κ2) is 8.91. The zero-order valence-corrected chi connectivity index (χ0v) is 18.3. The summed E-state index contributed by atoms with van der Waals surface area (Å²) in [7, 11) is -1.58. The highest BCUT2D eigenvalue weighted by Crippen LogP contribution is 2.32. The van der Waals surface area contributed by atoms with Crippen LogP contribution in [0.5, 0.6) is 0 Å². The standard InChI is InChI=1S/C21H22F3N5OSi/c1-31(2,3)13-10-15-4-9-19(18(14-15)20-26-28-29(27-20)11-12-30)25-17-7-5-16(6-8-17)21(22,23)24/h4-9,14,25,30H,11-12H2,1-3H3. The fourth-order valence-electron chi connectivity index (χ4n) is 2.61. The molecule has 0 spiro atoms. The molecule has 31 heavy (non-hydrogen) atoms. The molecular weight excluding hydrogens is 423 g/mol. The van der Waals surface area contributed by atoms with Crippen LogP contribution in [0, 0.1) is 11.5 Å². The summed E-state index contributed by atoms with van der Waals surface area (Å²) < 4.78 is 38.5. The Balaban J connectivity index is 1.98. The number of nitrogens with one attached hydrogen (secondary N) is 1. The number of aliphatic hydroxyl groups is 1. The first-order chi connectivity index (χ1) is 14.5. The van der Waals surface area contributed by atoms with E-state index in [0.29, 0.717) is 22.8 Å². The fourth-order valence-corrected chi connectivity index (χ4v) is 3.13. The number of rotatable bonds is 5. The van der Waals surface area contributed by atoms with Crippen molar-refractivity contribution in [3.8, 4) is 22.9 Å². The van der Waals surface area contributed by atoms with Crippen LogP contribution in [0.3, 0.4) is 0 Å². The molecule has 0 unspecified atom stereocenters. The third kappa shape index (κ3) is 6.16. The Labute approximate surface area is 179 Å². The lowest BCUT2D eigenvalue weighted by molar-refractivity contribution is -0.137. The molecule has 3 aromatic rings. The first kappa shape index (κ1) is 22.5. The van der Waals surface area contributed by atoms with Gasteiger partial charge in [-0.3, -0.25) is 0 Å². The number of halogens is 3. The minimum Gasteiger partial charge on any atom is -0.394 e. The van der Waals surface area contributed by atoms with Gasteiger partial charge in [-0.1, -0.05) is 25.6 Å². The highest BCUT2D eigenvalue weighted by molar-refractivity contribution is 6.83. The predicted molar refractivity (Wildman–Crippen MR) is 115 cm³/mol. The molecule has 0 aliphatic rings. The summed E-state index contributed by atoms with van der Waals surface area (Å²) in [5, 5.41) is 24.4. The van der Waals surface area contributed by atoms with Gasteiger partial charge in [-0.25, -0.2) is 0 Å². The molecule has 1 aromatic heterocycles. The van der Waals surface area contributed by atoms with Gasteiger partial charge >= 0.3 is 6.18 Å². The van der Waals surface area contributed by atoms with E-state index in [1.165, 1.54) is 16.9 Å². The van der Waals surface area contributed by atoms with E-state index in [1.54, 1.807) is 6.07 Å². The number of anilines is 2. The lowest BCUT2D eigenvalue weighted by atomic mass is 10.1. The van der Waals surface area contributed by atoms with E-state index < -0.39 is 19.8 Å². The predicted octanol–water partition coefficient (Wildman–Crippen LogP) is 4.32. The molecule has 1 heterocycles. The van der Waals surface area contributed by atoms with Crippen LogP contribution in [0.25, 0.3) is 11.4 Å². The first-order valence-corrected chi connectivity index (χ1v) is 13.1. The quantitative estimate of drug-likeness (QED) is 0.452. The van der Waals surface area contributed by atoms with Gasteiger partial charge in [-0.05, 0) is 47.7 Å². The molecule has 0 radical (unpaired) electrons. The summed E-state index contributed by atoms with van der Waals surface area (Å²) in [6, 6.07) is 10.2. The molecule has 3 rings (SSSR count). The first-order valence-electron chi connectivity index (χ1n) is 9.56. The number of aromatic nitrogens is 4. The van der Waals surface area contributed by atoms with Crippen molar-refractivity contribution in [1.29, 1.82) is 0 Å². The van der Waals surface area contributed by atoms with E-state index in [0.717, 1.165) is 17.7 Å². The Morgan fingerprint density at radius 1 is 1.10 bits per heavy atom. The van der Waals surface area contributed by atoms with Gasteiger partial charge in [-0.2, -0.15) is 18.0 Å². The van der Waals surface area contributed by atoms with Gasteiger partial charge in [0.15, 0.2) is 0 Å². The maximum Gasteiger partial charge on any atom is 0.416 e. The van der Waals surface area contributed by atoms with Crippen molar-refractivity contribution in [1.82, 2.24) is 20.2 Å². The third-order valence-electron chi connectivity index (χ3n) is 4.09. The molecule has 2 N–H and O–H groups in total. The second-order valence-corrected chi connectivity index (χ2v) is 12.6. The van der Waals surface area contributed by atoms with Crippen molar-refractivity contribution in [3.63, 3.8) is 0 Å². The Morgan fingerprint density at radius 2 is 1.81 bits per heavy atom. The van der Waals surface area contributed by atoms with Crippen molar-refractivity contribution < 1.29 is 18.3 Å². The van der Waals surface area contributed by atoms with Crippen LogP contribution >= 0.6 is 0 Å². The third-order valence-corrected chi connectivity index (χ3v) is 4.96. The molecule has 0 saturated carbocycles. The molecule has 162 valence electrons. The normalized spacial score (nSPS) is 11.7. The highest BCUT2D eigenvalue weighted by Gasteiger charge is 2.30. The largest absolute Gasteiger partial charge is 0.416 e. The summed E-state index contributed by atoms with van der Waals surface area (Å²) in [4.78, 5) is 1.28. The number of hydrogen-bond acceptors (Lipinski definition) is 5. The van der Waals surface area contributed by atoms with E-state index in [-0.39, 0.29) is 13.2 Å². The van der Waals surface area contributed by atoms with E-state index in [9.17, 15) is 13.2 Å². The van der Waals surface area contributed by atoms with Crippen molar-refractivity contribution in [2.24, 2.45) is 0 Å². The molecule has 0 bridgehead atoms. The van der Waals surface area contributed by atoms with Crippen LogP contribution < -0.4 is 5.32 Å². The Morgan fingerprint density at radius 3 is 2.42 bits per heavy atom. The summed E-state index contributed by atoms with van der Waals surface area (Å²) in [6.45, 7) is 6.49. The Hall–Kier alpha value is -3.16. The maximum atomic E-state index is 12.8. The van der Waals surface area contributed by atoms with Crippen LogP contribution in [0.1, 0.15) is 11.1 Å². The highest BCUT2D eigenvalue weighted by atomic mass is 28.3. The van der Waals surface area contributed by atoms with Crippen LogP contribution in [-0.2, 0) is 12.7 Å². The average Bonchev–Trinajstić information content (AvgIpc) is 3.15. The molecule has 0 saturated heterocycles. The van der Waals surface area contributed by atoms with Crippen molar-refractivity contribution in [2.45, 2.75) is 32.4 Å². The average molecular weight is 446 g/mol. The van der Waals surface area contributed by atoms with Gasteiger partial charge in [-0.15, -0.1) is 15.7 Å². The zero-order valence-electron chi connectivity index (χ0n) is 17.3. The zero-order chi connectivity index (χ0) is 22.6. The van der Waals surface area contributed by atoms with Crippen LogP contribution in [-0.4, -0.2) is 40.0 Å². The lowest BCUT2D eigenvalue weighted by Gasteiger charge is -2.12. The summed E-state index contributed by atoms with van der Waals surface area (Å²) >= 11 is 0. The van der Waals surface area contributed by atoms with E-state index in [4.69, 9.17) is 5.11 Å². The van der Waals surface area contributed by atoms with Crippen LogP contribution in [0.15, 0.2) is 42.5 Å². The van der Waals surface area contributed by atoms with Crippen molar-refractivity contribution in [3.05, 3.63) is 53.6 Å². The number of alkyl halides is 3. The molecule has 6 nitrogen and oxygen atoms in total. The summed E-state index contributed by atoms with van der Waals surface area (Å²) in [6.07, 6.45) is -4.39. The van der Waals surface area contributed by atoms with Gasteiger partial charge in [0.05, 0.1) is 18.7 Å². The fraction of sp³-hybridized carbons (Fsp3) is 0.286. The van der Waals surface area contributed by atoms with Gasteiger partial charge in [0.2, 0.25) is 5.82 Å². The summed E-state index contributed by atoms with van der Waals surface area (Å²) in [5.74, 6) is 3.50. The molecule has 10 heteroatoms. The van der Waals surface area contributed by atoms with E-state index in [1.807, 2.05) is 12.1 Å². The second-order valence-electron chi connectivity index (χ2n) is 7.89. The van der Waals surface area contributed by atoms with E-state index in [2.05, 4.69) is 51.8 Å². The minimum absolute atomic E-state index is 0.131. The van der Waals surface area contributed by atoms with Gasteiger partial charge in [0, 0.05) is 22.5 Å². The van der Waals surface area contributed by atoms with Gasteiger partial charge in [0.25, 0.3) is 0 Å². The van der Waals surface area contributed by atoms with E-state index >= 15 is 0 Å². The number of tetrazole rings is 1. The van der Waals surface area contributed by atoms with Crippen molar-refractivity contribution in [2.75, 3.05) is 11.9 Å². The van der Waals surface area contributed by atoms with Gasteiger partial charge in [0.1, 0.15) is 8.07 Å². The number of aliphatic hydroxyl groups excluding tert-OH is 1. The summed E-state index contributed by atoms with van der Waals surface area (Å²) in [5.41, 5.74) is 5.04. The molecule has 0 amide bonds. The smallest absolute Gasteiger partial charge is 0.394 e. The van der Waals surface area contributed by atoms with Crippen molar-refractivity contribution >= 4 is 19.4 Å². The number of benzene rings is 2. The Bertz CT molecular complexity index is 1110. The molecular formula is C21H22F3N5OSi. The number of nitrogens with zero attached hydrogens (tertiary/aromatic N) is 4. The molecule has 2 aromatic carbocycles. The molecule has 0 aliphatic heterocycles. The number of hydrogen-bond donors (Lipinski definition) is 2. The monoisotopic (exact) mass is 445 g/mol. The molecule has 0 fully saturated rings. The molecule has 0 atom stereocenters. The van der Waals surface area contributed by atoms with Crippen LogP contribution in [0.2, 0.25) is 19.6 Å². The Kier molecular flexibility index (Phi) is 6.47. The lowest BCUT2D eigenvalue weighted by Crippen LogP contribution is -2.16. The van der Waals surface area contributed by atoms with Crippen LogP contribution in [0.4, 0.5) is 24.5 Å². The topological polar surface area (TPSA) is 75.9 Å². The van der Waals surface area contributed by atoms with Gasteiger partial charge < -0.3 is 10.4 Å².